The second-order valence-electron chi connectivity index (χ2n) is 5.90. The van der Waals surface area contributed by atoms with Gasteiger partial charge in [0.2, 0.25) is 5.95 Å². The predicted octanol–water partition coefficient (Wildman–Crippen LogP) is 4.01. The Morgan fingerprint density at radius 1 is 1.16 bits per heavy atom. The first-order valence-corrected chi connectivity index (χ1v) is 7.81. The van der Waals surface area contributed by atoms with Crippen molar-refractivity contribution < 1.29 is 18.0 Å². The lowest BCUT2D eigenvalue weighted by Gasteiger charge is -2.10. The van der Waals surface area contributed by atoms with Crippen LogP contribution in [0.2, 0.25) is 0 Å². The number of amides is 1. The summed E-state index contributed by atoms with van der Waals surface area (Å²) >= 11 is 0. The Morgan fingerprint density at radius 2 is 1.84 bits per heavy atom. The monoisotopic (exact) mass is 352 g/mol. The van der Waals surface area contributed by atoms with Crippen molar-refractivity contribution >= 4 is 17.5 Å². The van der Waals surface area contributed by atoms with Crippen molar-refractivity contribution in [3.8, 4) is 0 Å². The van der Waals surface area contributed by atoms with Crippen LogP contribution in [-0.2, 0) is 6.18 Å². The minimum Gasteiger partial charge on any atom is -0.351 e. The zero-order valence-corrected chi connectivity index (χ0v) is 13.9. The van der Waals surface area contributed by atoms with Crippen molar-refractivity contribution in [1.82, 2.24) is 15.3 Å². The molecule has 1 heterocycles. The number of alkyl halides is 3. The number of halogens is 3. The summed E-state index contributed by atoms with van der Waals surface area (Å²) in [4.78, 5) is 20.1. The van der Waals surface area contributed by atoms with Gasteiger partial charge in [0.05, 0.1) is 5.56 Å². The largest absolute Gasteiger partial charge is 0.416 e. The molecule has 1 aromatic carbocycles. The van der Waals surface area contributed by atoms with E-state index in [4.69, 9.17) is 0 Å². The molecule has 2 rings (SSSR count). The summed E-state index contributed by atoms with van der Waals surface area (Å²) in [6.07, 6.45) is -2.12. The van der Waals surface area contributed by atoms with Crippen LogP contribution in [0.15, 0.2) is 36.5 Å². The number of nitrogens with one attached hydrogen (secondary N) is 2. The van der Waals surface area contributed by atoms with E-state index in [0.29, 0.717) is 18.2 Å². The predicted molar refractivity (Wildman–Crippen MR) is 88.5 cm³/mol. The molecule has 0 atom stereocenters. The lowest BCUT2D eigenvalue weighted by Crippen LogP contribution is -2.26. The highest BCUT2D eigenvalue weighted by atomic mass is 19.4. The molecule has 0 unspecified atom stereocenters. The Bertz CT molecular complexity index is 715. The van der Waals surface area contributed by atoms with Crippen molar-refractivity contribution in [2.75, 3.05) is 11.9 Å². The van der Waals surface area contributed by atoms with Crippen LogP contribution < -0.4 is 10.6 Å². The number of carbonyl (C=O) groups excluding carboxylic acids is 1. The first kappa shape index (κ1) is 18.7. The molecule has 134 valence electrons. The Labute approximate surface area is 143 Å². The van der Waals surface area contributed by atoms with Crippen LogP contribution in [0.1, 0.15) is 36.3 Å². The van der Waals surface area contributed by atoms with Crippen molar-refractivity contribution in [3.63, 3.8) is 0 Å². The number of hydrogen-bond acceptors (Lipinski definition) is 4. The van der Waals surface area contributed by atoms with Gasteiger partial charge in [0, 0.05) is 18.4 Å². The van der Waals surface area contributed by atoms with Gasteiger partial charge in [-0.25, -0.2) is 9.97 Å². The van der Waals surface area contributed by atoms with Crippen molar-refractivity contribution in [1.29, 1.82) is 0 Å². The van der Waals surface area contributed by atoms with Crippen molar-refractivity contribution in [2.24, 2.45) is 5.92 Å². The van der Waals surface area contributed by atoms with E-state index in [0.717, 1.165) is 18.6 Å². The Hall–Kier alpha value is -2.64. The highest BCUT2D eigenvalue weighted by Gasteiger charge is 2.29. The van der Waals surface area contributed by atoms with Gasteiger partial charge in [0.25, 0.3) is 5.91 Å². The van der Waals surface area contributed by atoms with E-state index >= 15 is 0 Å². The summed E-state index contributed by atoms with van der Waals surface area (Å²) in [6.45, 7) is 4.66. The molecule has 0 saturated carbocycles. The number of anilines is 2. The van der Waals surface area contributed by atoms with Crippen molar-refractivity contribution in [3.05, 3.63) is 47.8 Å². The Morgan fingerprint density at radius 3 is 2.44 bits per heavy atom. The molecule has 1 amide bonds. The minimum atomic E-state index is -4.39. The second-order valence-corrected chi connectivity index (χ2v) is 5.90. The van der Waals surface area contributed by atoms with Crippen LogP contribution in [0.25, 0.3) is 0 Å². The van der Waals surface area contributed by atoms with E-state index in [-0.39, 0.29) is 17.5 Å². The molecule has 0 spiro atoms. The van der Waals surface area contributed by atoms with Gasteiger partial charge in [-0.2, -0.15) is 13.2 Å². The zero-order valence-electron chi connectivity index (χ0n) is 13.9. The minimum absolute atomic E-state index is 0.135. The van der Waals surface area contributed by atoms with Gasteiger partial charge in [0.15, 0.2) is 0 Å². The smallest absolute Gasteiger partial charge is 0.351 e. The van der Waals surface area contributed by atoms with E-state index in [9.17, 15) is 18.0 Å². The highest BCUT2D eigenvalue weighted by Crippen LogP contribution is 2.30. The van der Waals surface area contributed by atoms with Crippen LogP contribution in [0.5, 0.6) is 0 Å². The molecule has 0 bridgehead atoms. The third-order valence-electron chi connectivity index (χ3n) is 3.36. The van der Waals surface area contributed by atoms with Crippen LogP contribution in [-0.4, -0.2) is 22.4 Å². The molecule has 2 aromatic rings. The molecule has 0 saturated heterocycles. The Kier molecular flexibility index (Phi) is 5.95. The van der Waals surface area contributed by atoms with Gasteiger partial charge < -0.3 is 10.6 Å². The van der Waals surface area contributed by atoms with Crippen LogP contribution in [0.4, 0.5) is 24.8 Å². The molecule has 0 aliphatic heterocycles. The highest BCUT2D eigenvalue weighted by molar-refractivity contribution is 5.92. The zero-order chi connectivity index (χ0) is 18.4. The summed E-state index contributed by atoms with van der Waals surface area (Å²) in [5, 5.41) is 5.55. The molecule has 8 heteroatoms. The second kappa shape index (κ2) is 7.96. The van der Waals surface area contributed by atoms with Gasteiger partial charge in [0.1, 0.15) is 5.69 Å². The van der Waals surface area contributed by atoms with E-state index in [1.54, 1.807) is 0 Å². The third-order valence-corrected chi connectivity index (χ3v) is 3.36. The summed E-state index contributed by atoms with van der Waals surface area (Å²) < 4.78 is 37.7. The fourth-order valence-electron chi connectivity index (χ4n) is 1.98. The first-order valence-electron chi connectivity index (χ1n) is 7.81. The number of carbonyl (C=O) groups is 1. The maximum Gasteiger partial charge on any atom is 0.416 e. The van der Waals surface area contributed by atoms with E-state index in [1.165, 1.54) is 24.4 Å². The topological polar surface area (TPSA) is 66.9 Å². The lowest BCUT2D eigenvalue weighted by atomic mass is 10.1. The van der Waals surface area contributed by atoms with Gasteiger partial charge in [-0.1, -0.05) is 13.8 Å². The molecule has 0 aliphatic rings. The fraction of sp³-hybridized carbons (Fsp3) is 0.353. The third kappa shape index (κ3) is 5.74. The quantitative estimate of drug-likeness (QED) is 0.824. The maximum absolute atomic E-state index is 12.6. The van der Waals surface area contributed by atoms with E-state index < -0.39 is 11.7 Å². The number of benzene rings is 1. The van der Waals surface area contributed by atoms with Gasteiger partial charge in [-0.15, -0.1) is 0 Å². The molecule has 5 nitrogen and oxygen atoms in total. The van der Waals surface area contributed by atoms with Gasteiger partial charge in [-0.05, 0) is 42.7 Å². The van der Waals surface area contributed by atoms with Crippen LogP contribution in [0, 0.1) is 5.92 Å². The molecule has 0 fully saturated rings. The van der Waals surface area contributed by atoms with Gasteiger partial charge in [-0.3, -0.25) is 4.79 Å². The number of hydrogen-bond donors (Lipinski definition) is 2. The van der Waals surface area contributed by atoms with Gasteiger partial charge >= 0.3 is 6.18 Å². The van der Waals surface area contributed by atoms with Crippen LogP contribution >= 0.6 is 0 Å². The van der Waals surface area contributed by atoms with E-state index in [2.05, 4.69) is 34.4 Å². The fourth-order valence-corrected chi connectivity index (χ4v) is 1.98. The lowest BCUT2D eigenvalue weighted by molar-refractivity contribution is -0.137. The number of rotatable bonds is 6. The molecule has 2 N–H and O–H groups in total. The SMILES string of the molecule is CC(C)CCNC(=O)c1ccnc(Nc2ccc(C(F)(F)F)cc2)n1. The maximum atomic E-state index is 12.6. The standard InChI is InChI=1S/C17H19F3N4O/c1-11(2)7-9-21-15(25)14-8-10-22-16(24-14)23-13-5-3-12(4-6-13)17(18,19)20/h3-6,8,10-11H,7,9H2,1-2H3,(H,21,25)(H,22,23,24). The molecule has 0 aliphatic carbocycles. The summed E-state index contributed by atoms with van der Waals surface area (Å²) in [5.41, 5.74) is -0.157. The molecular weight excluding hydrogens is 333 g/mol. The average Bonchev–Trinajstić information content (AvgIpc) is 2.54. The Balaban J connectivity index is 2.02. The number of aromatic nitrogens is 2. The molecule has 25 heavy (non-hydrogen) atoms. The first-order chi connectivity index (χ1) is 11.8. The van der Waals surface area contributed by atoms with Crippen molar-refractivity contribution in [2.45, 2.75) is 26.4 Å². The average molecular weight is 352 g/mol. The normalized spacial score (nSPS) is 11.4. The van der Waals surface area contributed by atoms with Crippen LogP contribution in [0.3, 0.4) is 0 Å². The molecular formula is C17H19F3N4O. The summed E-state index contributed by atoms with van der Waals surface area (Å²) in [7, 11) is 0. The number of nitrogens with zero attached hydrogens (tertiary/aromatic N) is 2. The van der Waals surface area contributed by atoms with E-state index in [1.807, 2.05) is 0 Å². The summed E-state index contributed by atoms with van der Waals surface area (Å²) in [6, 6.07) is 5.96. The molecule has 0 radical (unpaired) electrons. The molecule has 1 aromatic heterocycles. The summed E-state index contributed by atoms with van der Waals surface area (Å²) in [5.74, 6) is 0.289.